The topological polar surface area (TPSA) is 29.1 Å². The van der Waals surface area contributed by atoms with E-state index in [9.17, 15) is 18.0 Å². The van der Waals surface area contributed by atoms with Gasteiger partial charge in [0.05, 0.1) is 6.42 Å². The van der Waals surface area contributed by atoms with Crippen molar-refractivity contribution in [2.45, 2.75) is 32.9 Å². The van der Waals surface area contributed by atoms with Crippen molar-refractivity contribution in [1.29, 1.82) is 0 Å². The number of aryl methyl sites for hydroxylation is 1. The van der Waals surface area contributed by atoms with Crippen LogP contribution < -0.4 is 5.32 Å². The van der Waals surface area contributed by atoms with Gasteiger partial charge >= 0.3 is 6.18 Å². The number of rotatable bonds is 3. The summed E-state index contributed by atoms with van der Waals surface area (Å²) in [6, 6.07) is 5.30. The molecule has 1 rings (SSSR count). The Kier molecular flexibility index (Phi) is 4.15. The zero-order chi connectivity index (χ0) is 13.1. The second-order valence-corrected chi connectivity index (χ2v) is 3.91. The molecule has 0 heterocycles. The SMILES string of the molecule is Cc1cccc(NC(=O)CCC(F)(F)F)c1C. The first-order chi connectivity index (χ1) is 7.79. The number of anilines is 1. The standard InChI is InChI=1S/C12H14F3NO/c1-8-4-3-5-10(9(8)2)16-11(17)6-7-12(13,14)15/h3-5H,6-7H2,1-2H3,(H,16,17). The number of carbonyl (C=O) groups is 1. The Labute approximate surface area is 97.8 Å². The Morgan fingerprint density at radius 1 is 1.29 bits per heavy atom. The summed E-state index contributed by atoms with van der Waals surface area (Å²) in [4.78, 5) is 11.3. The maximum Gasteiger partial charge on any atom is 0.389 e. The molecule has 0 aromatic heterocycles. The lowest BCUT2D eigenvalue weighted by molar-refractivity contribution is -0.142. The summed E-state index contributed by atoms with van der Waals surface area (Å²) in [5.74, 6) is -0.615. The molecule has 0 aliphatic carbocycles. The molecule has 1 aromatic carbocycles. The monoisotopic (exact) mass is 245 g/mol. The van der Waals surface area contributed by atoms with Gasteiger partial charge in [0.1, 0.15) is 0 Å². The van der Waals surface area contributed by atoms with Crippen molar-refractivity contribution < 1.29 is 18.0 Å². The van der Waals surface area contributed by atoms with E-state index in [1.807, 2.05) is 19.9 Å². The van der Waals surface area contributed by atoms with Crippen LogP contribution in [0.4, 0.5) is 18.9 Å². The number of halogens is 3. The van der Waals surface area contributed by atoms with Crippen molar-refractivity contribution in [3.8, 4) is 0 Å². The summed E-state index contributed by atoms with van der Waals surface area (Å²) < 4.78 is 35.8. The molecule has 0 saturated heterocycles. The van der Waals surface area contributed by atoms with Crippen molar-refractivity contribution in [3.05, 3.63) is 29.3 Å². The van der Waals surface area contributed by atoms with E-state index in [1.54, 1.807) is 12.1 Å². The fourth-order valence-corrected chi connectivity index (χ4v) is 1.35. The largest absolute Gasteiger partial charge is 0.389 e. The van der Waals surface area contributed by atoms with Crippen LogP contribution in [-0.4, -0.2) is 12.1 Å². The zero-order valence-corrected chi connectivity index (χ0v) is 9.69. The number of hydrogen-bond donors (Lipinski definition) is 1. The number of benzene rings is 1. The molecule has 0 aliphatic rings. The summed E-state index contributed by atoms with van der Waals surface area (Å²) in [5.41, 5.74) is 2.42. The second-order valence-electron chi connectivity index (χ2n) is 3.91. The third kappa shape index (κ3) is 4.46. The van der Waals surface area contributed by atoms with Crippen LogP contribution in [0.2, 0.25) is 0 Å². The minimum absolute atomic E-state index is 0.545. The van der Waals surface area contributed by atoms with Gasteiger partial charge in [-0.2, -0.15) is 13.2 Å². The van der Waals surface area contributed by atoms with Crippen LogP contribution in [0.15, 0.2) is 18.2 Å². The van der Waals surface area contributed by atoms with E-state index < -0.39 is 24.9 Å². The lowest BCUT2D eigenvalue weighted by Gasteiger charge is -2.11. The maximum absolute atomic E-state index is 11.9. The molecule has 0 aliphatic heterocycles. The van der Waals surface area contributed by atoms with Crippen molar-refractivity contribution in [1.82, 2.24) is 0 Å². The number of alkyl halides is 3. The van der Waals surface area contributed by atoms with Gasteiger partial charge in [-0.1, -0.05) is 12.1 Å². The molecular weight excluding hydrogens is 231 g/mol. The average molecular weight is 245 g/mol. The summed E-state index contributed by atoms with van der Waals surface area (Å²) in [6.07, 6.45) is -5.93. The highest BCUT2D eigenvalue weighted by Gasteiger charge is 2.27. The Morgan fingerprint density at radius 3 is 2.53 bits per heavy atom. The molecule has 94 valence electrons. The van der Waals surface area contributed by atoms with Crippen molar-refractivity contribution >= 4 is 11.6 Å². The molecule has 0 saturated carbocycles. The fourth-order valence-electron chi connectivity index (χ4n) is 1.35. The molecule has 0 unspecified atom stereocenters. The summed E-state index contributed by atoms with van der Waals surface area (Å²) >= 11 is 0. The molecule has 2 nitrogen and oxygen atoms in total. The van der Waals surface area contributed by atoms with Gasteiger partial charge in [-0.15, -0.1) is 0 Å². The van der Waals surface area contributed by atoms with Crippen LogP contribution in [0.1, 0.15) is 24.0 Å². The van der Waals surface area contributed by atoms with E-state index in [0.717, 1.165) is 11.1 Å². The van der Waals surface area contributed by atoms with E-state index in [1.165, 1.54) is 0 Å². The number of amides is 1. The first-order valence-electron chi connectivity index (χ1n) is 5.22. The van der Waals surface area contributed by atoms with Gasteiger partial charge in [-0.3, -0.25) is 4.79 Å². The lowest BCUT2D eigenvalue weighted by atomic mass is 10.1. The first-order valence-corrected chi connectivity index (χ1v) is 5.22. The quantitative estimate of drug-likeness (QED) is 0.866. The van der Waals surface area contributed by atoms with Gasteiger partial charge in [0.25, 0.3) is 0 Å². The maximum atomic E-state index is 11.9. The van der Waals surface area contributed by atoms with Crippen molar-refractivity contribution in [2.24, 2.45) is 0 Å². The molecule has 0 spiro atoms. The molecule has 0 fully saturated rings. The predicted octanol–water partition coefficient (Wildman–Crippen LogP) is 3.58. The molecule has 1 amide bonds. The van der Waals surface area contributed by atoms with Gasteiger partial charge < -0.3 is 5.32 Å². The highest BCUT2D eigenvalue weighted by Crippen LogP contribution is 2.22. The lowest BCUT2D eigenvalue weighted by Crippen LogP contribution is -2.17. The van der Waals surface area contributed by atoms with Gasteiger partial charge in [-0.25, -0.2) is 0 Å². The van der Waals surface area contributed by atoms with E-state index in [2.05, 4.69) is 5.32 Å². The molecule has 1 aromatic rings. The normalized spacial score (nSPS) is 11.4. The van der Waals surface area contributed by atoms with Crippen molar-refractivity contribution in [3.63, 3.8) is 0 Å². The van der Waals surface area contributed by atoms with Gasteiger partial charge in [-0.05, 0) is 31.0 Å². The Bertz CT molecular complexity index is 413. The number of hydrogen-bond acceptors (Lipinski definition) is 1. The van der Waals surface area contributed by atoms with Crippen LogP contribution in [0.3, 0.4) is 0 Å². The molecule has 1 N–H and O–H groups in total. The molecule has 17 heavy (non-hydrogen) atoms. The van der Waals surface area contributed by atoms with Crippen LogP contribution >= 0.6 is 0 Å². The molecular formula is C12H14F3NO. The third-order valence-electron chi connectivity index (χ3n) is 2.51. The molecule has 0 atom stereocenters. The predicted molar refractivity (Wildman–Crippen MR) is 59.8 cm³/mol. The zero-order valence-electron chi connectivity index (χ0n) is 9.69. The van der Waals surface area contributed by atoms with Crippen LogP contribution in [0, 0.1) is 13.8 Å². The molecule has 0 radical (unpaired) electrons. The minimum atomic E-state index is -4.29. The van der Waals surface area contributed by atoms with Crippen LogP contribution in [-0.2, 0) is 4.79 Å². The van der Waals surface area contributed by atoms with Crippen LogP contribution in [0.5, 0.6) is 0 Å². The summed E-state index contributed by atoms with van der Waals surface area (Å²) in [6.45, 7) is 3.69. The van der Waals surface area contributed by atoms with E-state index in [-0.39, 0.29) is 0 Å². The fraction of sp³-hybridized carbons (Fsp3) is 0.417. The van der Waals surface area contributed by atoms with Gasteiger partial charge in [0.15, 0.2) is 0 Å². The number of nitrogens with one attached hydrogen (secondary N) is 1. The van der Waals surface area contributed by atoms with Crippen molar-refractivity contribution in [2.75, 3.05) is 5.32 Å². The van der Waals surface area contributed by atoms with Gasteiger partial charge in [0, 0.05) is 12.1 Å². The van der Waals surface area contributed by atoms with E-state index >= 15 is 0 Å². The minimum Gasteiger partial charge on any atom is -0.326 e. The van der Waals surface area contributed by atoms with Gasteiger partial charge in [0.2, 0.25) is 5.91 Å². The summed E-state index contributed by atoms with van der Waals surface area (Å²) in [5, 5.41) is 2.48. The molecule has 0 bridgehead atoms. The first kappa shape index (κ1) is 13.5. The molecule has 5 heteroatoms. The summed E-state index contributed by atoms with van der Waals surface area (Å²) in [7, 11) is 0. The Hall–Kier alpha value is -1.52. The number of carbonyl (C=O) groups excluding carboxylic acids is 1. The average Bonchev–Trinajstić information content (AvgIpc) is 2.21. The van der Waals surface area contributed by atoms with Crippen LogP contribution in [0.25, 0.3) is 0 Å². The van der Waals surface area contributed by atoms with E-state index in [0.29, 0.717) is 5.69 Å². The van der Waals surface area contributed by atoms with E-state index in [4.69, 9.17) is 0 Å². The Morgan fingerprint density at radius 2 is 1.94 bits per heavy atom. The third-order valence-corrected chi connectivity index (χ3v) is 2.51. The smallest absolute Gasteiger partial charge is 0.326 e. The second kappa shape index (κ2) is 5.21. The highest BCUT2D eigenvalue weighted by molar-refractivity contribution is 5.91. The Balaban J connectivity index is 2.60. The highest BCUT2D eigenvalue weighted by atomic mass is 19.4.